The number of aliphatic carboxylic acids is 2. The van der Waals surface area contributed by atoms with Crippen LogP contribution in [0.3, 0.4) is 0 Å². The van der Waals surface area contributed by atoms with Crippen molar-refractivity contribution in [2.75, 3.05) is 13.1 Å². The summed E-state index contributed by atoms with van der Waals surface area (Å²) < 4.78 is 26.0. The normalized spacial score (nSPS) is 10.5. The van der Waals surface area contributed by atoms with Gasteiger partial charge in [0.05, 0.1) is 4.90 Å². The molecule has 0 saturated heterocycles. The minimum absolute atomic E-state index is 0.314. The third kappa shape index (κ3) is 11.3. The number of hydrogen-bond donors (Lipinski definition) is 4. The standard InChI is InChI=1S/C11H18N2O2S.C3H4O4/c12-9-5-2-6-10-13-16(14,15)11-7-3-1-4-8-11;4-2(5)1-3(6)7/h1,3-4,7-8,13H,2,5-6,9-10,12H2;1H2,(H,4,5)(H,6,7). The molecule has 0 bridgehead atoms. The number of carbonyl (C=O) groups is 2. The Morgan fingerprint density at radius 1 is 1.00 bits per heavy atom. The predicted molar refractivity (Wildman–Crippen MR) is 84.4 cm³/mol. The lowest BCUT2D eigenvalue weighted by Crippen LogP contribution is -2.24. The fourth-order valence-corrected chi connectivity index (χ4v) is 2.56. The van der Waals surface area contributed by atoms with E-state index < -0.39 is 28.4 Å². The highest BCUT2D eigenvalue weighted by molar-refractivity contribution is 7.89. The third-order valence-corrected chi connectivity index (χ3v) is 4.01. The molecular weight excluding hydrogens is 324 g/mol. The van der Waals surface area contributed by atoms with Crippen molar-refractivity contribution in [3.8, 4) is 0 Å². The highest BCUT2D eigenvalue weighted by atomic mass is 32.2. The molecule has 8 nitrogen and oxygen atoms in total. The van der Waals surface area contributed by atoms with Crippen LogP contribution in [0.4, 0.5) is 0 Å². The van der Waals surface area contributed by atoms with Gasteiger partial charge in [-0.2, -0.15) is 0 Å². The Labute approximate surface area is 135 Å². The maximum atomic E-state index is 11.7. The third-order valence-electron chi connectivity index (χ3n) is 2.53. The van der Waals surface area contributed by atoms with Crippen LogP contribution in [-0.2, 0) is 19.6 Å². The second-order valence-corrected chi connectivity index (χ2v) is 6.29. The molecule has 1 rings (SSSR count). The van der Waals surface area contributed by atoms with Crippen LogP contribution in [0.2, 0.25) is 0 Å². The van der Waals surface area contributed by atoms with Crippen molar-refractivity contribution in [2.45, 2.75) is 30.6 Å². The molecule has 5 N–H and O–H groups in total. The van der Waals surface area contributed by atoms with Gasteiger partial charge in [0.15, 0.2) is 0 Å². The highest BCUT2D eigenvalue weighted by Gasteiger charge is 2.11. The van der Waals surface area contributed by atoms with E-state index in [1.807, 2.05) is 0 Å². The first-order valence-electron chi connectivity index (χ1n) is 6.98. The van der Waals surface area contributed by atoms with Crippen LogP contribution in [0.5, 0.6) is 0 Å². The first-order valence-corrected chi connectivity index (χ1v) is 8.46. The number of benzene rings is 1. The predicted octanol–water partition coefficient (Wildman–Crippen LogP) is 0.640. The van der Waals surface area contributed by atoms with E-state index in [0.29, 0.717) is 18.0 Å². The van der Waals surface area contributed by atoms with Gasteiger partial charge in [0.25, 0.3) is 0 Å². The fourth-order valence-electron chi connectivity index (χ4n) is 1.46. The zero-order valence-corrected chi connectivity index (χ0v) is 13.5. The van der Waals surface area contributed by atoms with E-state index in [0.717, 1.165) is 19.3 Å². The van der Waals surface area contributed by atoms with Crippen LogP contribution < -0.4 is 10.5 Å². The molecule has 1 aromatic rings. The first-order chi connectivity index (χ1) is 10.8. The average molecular weight is 346 g/mol. The van der Waals surface area contributed by atoms with Crippen LogP contribution >= 0.6 is 0 Å². The van der Waals surface area contributed by atoms with Gasteiger partial charge < -0.3 is 15.9 Å². The first kappa shape index (κ1) is 21.0. The maximum absolute atomic E-state index is 11.7. The summed E-state index contributed by atoms with van der Waals surface area (Å²) in [5, 5.41) is 15.4. The minimum atomic E-state index is -3.33. The van der Waals surface area contributed by atoms with E-state index in [-0.39, 0.29) is 0 Å². The number of nitrogens with two attached hydrogens (primary N) is 1. The second-order valence-electron chi connectivity index (χ2n) is 4.52. The number of rotatable bonds is 9. The van der Waals surface area contributed by atoms with Crippen molar-refractivity contribution < 1.29 is 28.2 Å². The lowest BCUT2D eigenvalue weighted by molar-refractivity contribution is -0.147. The van der Waals surface area contributed by atoms with Crippen molar-refractivity contribution in [1.82, 2.24) is 4.72 Å². The summed E-state index contributed by atoms with van der Waals surface area (Å²) in [7, 11) is -3.33. The molecule has 0 saturated carbocycles. The summed E-state index contributed by atoms with van der Waals surface area (Å²) in [5.41, 5.74) is 5.35. The lowest BCUT2D eigenvalue weighted by atomic mass is 10.2. The summed E-state index contributed by atoms with van der Waals surface area (Å²) in [5.74, 6) is -2.62. The Morgan fingerprint density at radius 3 is 2.00 bits per heavy atom. The lowest BCUT2D eigenvalue weighted by Gasteiger charge is -2.05. The molecule has 0 amide bonds. The number of carboxylic acids is 2. The Bertz CT molecular complexity index is 562. The molecule has 0 aromatic heterocycles. The van der Waals surface area contributed by atoms with Crippen LogP contribution in [0.15, 0.2) is 35.2 Å². The largest absolute Gasteiger partial charge is 0.481 e. The SMILES string of the molecule is NCCCCCNS(=O)(=O)c1ccccc1.O=C(O)CC(=O)O. The summed E-state index contributed by atoms with van der Waals surface area (Å²) in [6.45, 7) is 1.13. The van der Waals surface area contributed by atoms with Gasteiger partial charge >= 0.3 is 11.9 Å². The second kappa shape index (κ2) is 11.6. The van der Waals surface area contributed by atoms with Crippen molar-refractivity contribution in [1.29, 1.82) is 0 Å². The topological polar surface area (TPSA) is 147 Å². The van der Waals surface area contributed by atoms with Gasteiger partial charge in [0, 0.05) is 6.54 Å². The molecule has 0 radical (unpaired) electrons. The maximum Gasteiger partial charge on any atom is 0.314 e. The molecule has 23 heavy (non-hydrogen) atoms. The van der Waals surface area contributed by atoms with Gasteiger partial charge in [-0.05, 0) is 31.5 Å². The molecule has 0 aliphatic rings. The van der Waals surface area contributed by atoms with Gasteiger partial charge in [-0.15, -0.1) is 0 Å². The molecule has 1 aromatic carbocycles. The van der Waals surface area contributed by atoms with Gasteiger partial charge in [-0.3, -0.25) is 9.59 Å². The molecule has 0 heterocycles. The van der Waals surface area contributed by atoms with Crippen molar-refractivity contribution >= 4 is 22.0 Å². The molecule has 0 fully saturated rings. The van der Waals surface area contributed by atoms with Crippen LogP contribution in [0, 0.1) is 0 Å². The van der Waals surface area contributed by atoms with E-state index >= 15 is 0 Å². The van der Waals surface area contributed by atoms with Crippen molar-refractivity contribution in [3.63, 3.8) is 0 Å². The molecule has 0 aliphatic heterocycles. The molecule has 9 heteroatoms. The van der Waals surface area contributed by atoms with Gasteiger partial charge in [0.1, 0.15) is 6.42 Å². The number of hydrogen-bond acceptors (Lipinski definition) is 5. The monoisotopic (exact) mass is 346 g/mol. The zero-order chi connectivity index (χ0) is 17.7. The molecule has 0 atom stereocenters. The van der Waals surface area contributed by atoms with E-state index in [4.69, 9.17) is 15.9 Å². The van der Waals surface area contributed by atoms with E-state index in [2.05, 4.69) is 4.72 Å². The number of sulfonamides is 1. The van der Waals surface area contributed by atoms with Gasteiger partial charge in [-0.25, -0.2) is 13.1 Å². The Balaban J connectivity index is 0.000000585. The van der Waals surface area contributed by atoms with Crippen molar-refractivity contribution in [3.05, 3.63) is 30.3 Å². The fraction of sp³-hybridized carbons (Fsp3) is 0.429. The number of nitrogens with one attached hydrogen (secondary N) is 1. The van der Waals surface area contributed by atoms with E-state index in [1.54, 1.807) is 30.3 Å². The van der Waals surface area contributed by atoms with Gasteiger partial charge in [-0.1, -0.05) is 24.6 Å². The smallest absolute Gasteiger partial charge is 0.314 e. The van der Waals surface area contributed by atoms with Crippen LogP contribution in [-0.4, -0.2) is 43.7 Å². The summed E-state index contributed by atoms with van der Waals surface area (Å²) in [6, 6.07) is 8.39. The quantitative estimate of drug-likeness (QED) is 0.379. The number of carboxylic acid groups (broad SMARTS) is 2. The Kier molecular flexibility index (Phi) is 10.6. The van der Waals surface area contributed by atoms with Crippen LogP contribution in [0.25, 0.3) is 0 Å². The average Bonchev–Trinajstić information content (AvgIpc) is 2.47. The molecule has 0 aliphatic carbocycles. The summed E-state index contributed by atoms with van der Waals surface area (Å²) in [4.78, 5) is 19.2. The molecule has 0 unspecified atom stereocenters. The van der Waals surface area contributed by atoms with Gasteiger partial charge in [0.2, 0.25) is 10.0 Å². The number of unbranched alkanes of at least 4 members (excludes halogenated alkanes) is 2. The molecule has 0 spiro atoms. The summed E-state index contributed by atoms with van der Waals surface area (Å²) >= 11 is 0. The van der Waals surface area contributed by atoms with Crippen molar-refractivity contribution in [2.24, 2.45) is 5.73 Å². The molecular formula is C14H22N2O6S. The minimum Gasteiger partial charge on any atom is -0.481 e. The van der Waals surface area contributed by atoms with Crippen LogP contribution in [0.1, 0.15) is 25.7 Å². The van der Waals surface area contributed by atoms with E-state index in [9.17, 15) is 18.0 Å². The summed E-state index contributed by atoms with van der Waals surface area (Å²) in [6.07, 6.45) is 1.91. The van der Waals surface area contributed by atoms with E-state index in [1.165, 1.54) is 0 Å². The zero-order valence-electron chi connectivity index (χ0n) is 12.6. The molecule has 130 valence electrons. The Morgan fingerprint density at radius 2 is 1.57 bits per heavy atom. The highest BCUT2D eigenvalue weighted by Crippen LogP contribution is 2.07. The Hall–Kier alpha value is -1.97.